The van der Waals surface area contributed by atoms with Crippen LogP contribution in [0.2, 0.25) is 5.02 Å². The summed E-state index contributed by atoms with van der Waals surface area (Å²) in [6.45, 7) is 0. The van der Waals surface area contributed by atoms with Crippen molar-refractivity contribution in [1.82, 2.24) is 15.4 Å². The second-order valence-electron chi connectivity index (χ2n) is 4.88. The average Bonchev–Trinajstić information content (AvgIpc) is 3.22. The molecule has 0 spiro atoms. The fraction of sp³-hybridized carbons (Fsp3) is 0. The molecule has 0 aliphatic carbocycles. The highest BCUT2D eigenvalue weighted by Crippen LogP contribution is 2.32. The maximum Gasteiger partial charge on any atom is 0.296 e. The van der Waals surface area contributed by atoms with Gasteiger partial charge in [-0.05, 0) is 18.2 Å². The van der Waals surface area contributed by atoms with Crippen molar-refractivity contribution in [2.75, 3.05) is 5.32 Å². The van der Waals surface area contributed by atoms with Crippen molar-refractivity contribution in [2.45, 2.75) is 0 Å². The van der Waals surface area contributed by atoms with Crippen LogP contribution in [0.3, 0.4) is 0 Å². The molecule has 2 aromatic heterocycles. The van der Waals surface area contributed by atoms with Crippen LogP contribution in [0, 0.1) is 0 Å². The summed E-state index contributed by atoms with van der Waals surface area (Å²) in [6, 6.07) is 14.5. The van der Waals surface area contributed by atoms with Gasteiger partial charge in [0, 0.05) is 5.56 Å². The lowest BCUT2D eigenvalue weighted by atomic mass is 10.2. The number of carbonyl (C=O) groups is 1. The lowest BCUT2D eigenvalue weighted by Gasteiger charge is -1.98. The molecule has 0 unspecified atom stereocenters. The third-order valence-corrected chi connectivity index (χ3v) is 4.54. The average molecular weight is 357 g/mol. The molecule has 4 aromatic rings. The Morgan fingerprint density at radius 1 is 1.08 bits per heavy atom. The van der Waals surface area contributed by atoms with E-state index in [1.807, 2.05) is 30.3 Å². The van der Waals surface area contributed by atoms with Crippen LogP contribution in [0.15, 0.2) is 53.1 Å². The second kappa shape index (κ2) is 6.03. The topological polar surface area (TPSA) is 80.9 Å². The van der Waals surface area contributed by atoms with E-state index in [2.05, 4.69) is 20.7 Å². The van der Waals surface area contributed by atoms with Crippen LogP contribution >= 0.6 is 22.9 Å². The third-order valence-electron chi connectivity index (χ3n) is 3.34. The quantitative estimate of drug-likeness (QED) is 0.593. The Bertz CT molecular complexity index is 1040. The number of halogens is 1. The fourth-order valence-electron chi connectivity index (χ4n) is 2.22. The molecule has 118 valence electrons. The van der Waals surface area contributed by atoms with E-state index in [1.165, 1.54) is 11.3 Å². The number of carbonyl (C=O) groups excluding carboxylic acids is 1. The Labute approximate surface area is 145 Å². The minimum atomic E-state index is -0.425. The minimum absolute atomic E-state index is 0.139. The zero-order chi connectivity index (χ0) is 16.5. The van der Waals surface area contributed by atoms with Gasteiger partial charge in [-0.1, -0.05) is 58.4 Å². The number of benzene rings is 2. The van der Waals surface area contributed by atoms with Gasteiger partial charge in [0.05, 0.1) is 10.4 Å². The Morgan fingerprint density at radius 2 is 1.88 bits per heavy atom. The summed E-state index contributed by atoms with van der Waals surface area (Å²) in [5.74, 6) is -0.286. The maximum absolute atomic E-state index is 12.4. The molecule has 0 aliphatic rings. The largest absolute Gasteiger partial charge is 0.350 e. The van der Waals surface area contributed by atoms with E-state index in [0.717, 1.165) is 5.56 Å². The molecule has 0 radical (unpaired) electrons. The van der Waals surface area contributed by atoms with E-state index in [-0.39, 0.29) is 5.76 Å². The molecule has 0 aliphatic heterocycles. The van der Waals surface area contributed by atoms with Crippen LogP contribution < -0.4 is 5.32 Å². The van der Waals surface area contributed by atoms with Gasteiger partial charge in [-0.3, -0.25) is 10.1 Å². The third kappa shape index (κ3) is 2.64. The summed E-state index contributed by atoms with van der Waals surface area (Å²) >= 11 is 7.38. The van der Waals surface area contributed by atoms with E-state index in [1.54, 1.807) is 18.2 Å². The van der Waals surface area contributed by atoms with Gasteiger partial charge < -0.3 is 4.52 Å². The summed E-state index contributed by atoms with van der Waals surface area (Å²) in [5, 5.41) is 16.8. The summed E-state index contributed by atoms with van der Waals surface area (Å²) in [7, 11) is 0. The van der Waals surface area contributed by atoms with Gasteiger partial charge in [0.15, 0.2) is 5.01 Å². The van der Waals surface area contributed by atoms with Crippen LogP contribution in [0.25, 0.3) is 21.5 Å². The summed E-state index contributed by atoms with van der Waals surface area (Å²) in [4.78, 5) is 12.4. The molecule has 0 atom stereocenters. The maximum atomic E-state index is 12.4. The summed E-state index contributed by atoms with van der Waals surface area (Å²) in [6.07, 6.45) is 0. The highest BCUT2D eigenvalue weighted by atomic mass is 35.5. The number of hydrogen-bond acceptors (Lipinski definition) is 6. The number of fused-ring (bicyclic) bond motifs is 1. The lowest BCUT2D eigenvalue weighted by Crippen LogP contribution is -2.11. The Balaban J connectivity index is 1.60. The Kier molecular flexibility index (Phi) is 3.72. The van der Waals surface area contributed by atoms with E-state index >= 15 is 0 Å². The summed E-state index contributed by atoms with van der Waals surface area (Å²) < 4.78 is 5.13. The van der Waals surface area contributed by atoms with Crippen molar-refractivity contribution < 1.29 is 9.32 Å². The van der Waals surface area contributed by atoms with Crippen molar-refractivity contribution in [1.29, 1.82) is 0 Å². The first-order valence-electron chi connectivity index (χ1n) is 6.96. The highest BCUT2D eigenvalue weighted by molar-refractivity contribution is 7.18. The molecule has 0 bridgehead atoms. The number of nitrogens with one attached hydrogen (secondary N) is 1. The Morgan fingerprint density at radius 3 is 2.75 bits per heavy atom. The Hall–Kier alpha value is -2.77. The van der Waals surface area contributed by atoms with Crippen molar-refractivity contribution in [2.24, 2.45) is 0 Å². The molecule has 1 amide bonds. The van der Waals surface area contributed by atoms with Crippen molar-refractivity contribution in [3.63, 3.8) is 0 Å². The summed E-state index contributed by atoms with van der Waals surface area (Å²) in [5.41, 5.74) is 1.39. The molecule has 24 heavy (non-hydrogen) atoms. The number of anilines is 1. The first-order valence-corrected chi connectivity index (χ1v) is 8.16. The van der Waals surface area contributed by atoms with Crippen LogP contribution in [-0.4, -0.2) is 21.3 Å². The SMILES string of the molecule is O=C(Nc1nnc(-c2ccccc2Cl)s1)c1onc2ccccc12. The number of nitrogens with zero attached hydrogens (tertiary/aromatic N) is 3. The molecule has 2 aromatic carbocycles. The van der Waals surface area contributed by atoms with Crippen molar-refractivity contribution >= 4 is 44.9 Å². The predicted molar refractivity (Wildman–Crippen MR) is 92.3 cm³/mol. The number of hydrogen-bond donors (Lipinski definition) is 1. The molecule has 0 saturated heterocycles. The first-order chi connectivity index (χ1) is 11.7. The van der Waals surface area contributed by atoms with E-state index < -0.39 is 5.91 Å². The smallest absolute Gasteiger partial charge is 0.296 e. The number of rotatable bonds is 3. The molecular weight excluding hydrogens is 348 g/mol. The van der Waals surface area contributed by atoms with Gasteiger partial charge >= 0.3 is 0 Å². The van der Waals surface area contributed by atoms with Gasteiger partial charge in [0.2, 0.25) is 10.9 Å². The van der Waals surface area contributed by atoms with Crippen LogP contribution in [0.1, 0.15) is 10.6 Å². The van der Waals surface area contributed by atoms with Crippen LogP contribution in [-0.2, 0) is 0 Å². The standard InChI is InChI=1S/C16H9ClN4O2S/c17-11-7-3-1-5-9(11)15-19-20-16(24-15)18-14(22)13-10-6-2-4-8-12(10)21-23-13/h1-8H,(H,18,20,22). The van der Waals surface area contributed by atoms with E-state index in [0.29, 0.717) is 26.1 Å². The van der Waals surface area contributed by atoms with E-state index in [4.69, 9.17) is 16.1 Å². The monoisotopic (exact) mass is 356 g/mol. The van der Waals surface area contributed by atoms with Crippen LogP contribution in [0.4, 0.5) is 5.13 Å². The molecule has 2 heterocycles. The van der Waals surface area contributed by atoms with E-state index in [9.17, 15) is 4.79 Å². The minimum Gasteiger partial charge on any atom is -0.350 e. The van der Waals surface area contributed by atoms with Gasteiger partial charge in [-0.25, -0.2) is 0 Å². The van der Waals surface area contributed by atoms with Gasteiger partial charge in [-0.2, -0.15) is 0 Å². The second-order valence-corrected chi connectivity index (χ2v) is 6.26. The van der Waals surface area contributed by atoms with Crippen LogP contribution in [0.5, 0.6) is 0 Å². The molecule has 4 rings (SSSR count). The number of amides is 1. The molecule has 0 fully saturated rings. The zero-order valence-corrected chi connectivity index (χ0v) is 13.6. The first kappa shape index (κ1) is 14.8. The predicted octanol–water partition coefficient (Wildman–Crippen LogP) is 4.25. The van der Waals surface area contributed by atoms with Crippen molar-refractivity contribution in [3.05, 3.63) is 59.3 Å². The normalized spacial score (nSPS) is 10.9. The van der Waals surface area contributed by atoms with Gasteiger partial charge in [0.1, 0.15) is 5.52 Å². The fourth-order valence-corrected chi connectivity index (χ4v) is 3.28. The molecule has 8 heteroatoms. The molecule has 1 N–H and O–H groups in total. The number of aromatic nitrogens is 3. The highest BCUT2D eigenvalue weighted by Gasteiger charge is 2.18. The molecule has 0 saturated carbocycles. The van der Waals surface area contributed by atoms with Gasteiger partial charge in [-0.15, -0.1) is 10.2 Å². The molecule has 6 nitrogen and oxygen atoms in total. The zero-order valence-electron chi connectivity index (χ0n) is 12.1. The lowest BCUT2D eigenvalue weighted by molar-refractivity contribution is 0.0990. The van der Waals surface area contributed by atoms with Gasteiger partial charge in [0.25, 0.3) is 5.91 Å². The molecular formula is C16H9ClN4O2S. The van der Waals surface area contributed by atoms with Crippen molar-refractivity contribution in [3.8, 4) is 10.6 Å².